The summed E-state index contributed by atoms with van der Waals surface area (Å²) >= 11 is 0. The molecular weight excluding hydrogens is 328 g/mol. The SMILES string of the molecule is COc1ccc(CN2CCOC[C@@]3(CC[C@@H](CN(C)C(C)C)O3)C2)cc1. The third kappa shape index (κ3) is 4.97. The molecule has 3 rings (SSSR count). The van der Waals surface area contributed by atoms with E-state index in [0.29, 0.717) is 18.8 Å². The Morgan fingerprint density at radius 1 is 1.31 bits per heavy atom. The maximum absolute atomic E-state index is 6.57. The second-order valence-corrected chi connectivity index (χ2v) is 8.11. The van der Waals surface area contributed by atoms with Gasteiger partial charge in [-0.2, -0.15) is 0 Å². The number of benzene rings is 1. The standard InChI is InChI=1S/C21H34N2O3/c1-17(2)22(3)14-20-9-10-21(26-20)15-23(11-12-25-16-21)13-18-5-7-19(24-4)8-6-18/h5-8,17,20H,9-16H2,1-4H3/t20-,21+/m0/s1. The second-order valence-electron chi connectivity index (χ2n) is 8.11. The van der Waals surface area contributed by atoms with Crippen LogP contribution in [0, 0.1) is 0 Å². The molecule has 2 heterocycles. The number of nitrogens with zero attached hydrogens (tertiary/aromatic N) is 2. The first-order valence-electron chi connectivity index (χ1n) is 9.81. The summed E-state index contributed by atoms with van der Waals surface area (Å²) in [6.07, 6.45) is 2.52. The Kier molecular flexibility index (Phi) is 6.56. The predicted octanol–water partition coefficient (Wildman–Crippen LogP) is 2.79. The summed E-state index contributed by atoms with van der Waals surface area (Å²) in [5, 5.41) is 0. The quantitative estimate of drug-likeness (QED) is 0.777. The zero-order valence-corrected chi connectivity index (χ0v) is 16.7. The van der Waals surface area contributed by atoms with Crippen LogP contribution in [0.4, 0.5) is 0 Å². The monoisotopic (exact) mass is 362 g/mol. The first-order chi connectivity index (χ1) is 12.5. The van der Waals surface area contributed by atoms with Crippen LogP contribution in [-0.2, 0) is 16.0 Å². The van der Waals surface area contributed by atoms with Crippen molar-refractivity contribution < 1.29 is 14.2 Å². The molecule has 0 unspecified atom stereocenters. The first kappa shape index (κ1) is 19.6. The third-order valence-electron chi connectivity index (χ3n) is 5.71. The van der Waals surface area contributed by atoms with Crippen molar-refractivity contribution in [2.24, 2.45) is 0 Å². The summed E-state index contributed by atoms with van der Waals surface area (Å²) < 4.78 is 17.8. The molecule has 5 nitrogen and oxygen atoms in total. The van der Waals surface area contributed by atoms with Gasteiger partial charge in [0.15, 0.2) is 0 Å². The van der Waals surface area contributed by atoms with Gasteiger partial charge in [0.05, 0.1) is 26.4 Å². The molecule has 2 aliphatic rings. The number of methoxy groups -OCH3 is 1. The summed E-state index contributed by atoms with van der Waals surface area (Å²) in [4.78, 5) is 4.85. The number of hydrogen-bond acceptors (Lipinski definition) is 5. The fourth-order valence-electron chi connectivity index (χ4n) is 3.89. The Morgan fingerprint density at radius 2 is 2.08 bits per heavy atom. The van der Waals surface area contributed by atoms with Crippen LogP contribution in [0.5, 0.6) is 5.75 Å². The molecule has 0 N–H and O–H groups in total. The zero-order chi connectivity index (χ0) is 18.6. The lowest BCUT2D eigenvalue weighted by molar-refractivity contribution is -0.0924. The molecule has 146 valence electrons. The lowest BCUT2D eigenvalue weighted by Gasteiger charge is -2.33. The van der Waals surface area contributed by atoms with Crippen LogP contribution in [-0.4, -0.2) is 74.6 Å². The molecule has 2 fully saturated rings. The molecule has 1 aromatic carbocycles. The van der Waals surface area contributed by atoms with E-state index in [4.69, 9.17) is 14.2 Å². The summed E-state index contributed by atoms with van der Waals surface area (Å²) in [6.45, 7) is 9.78. The van der Waals surface area contributed by atoms with Gasteiger partial charge in [-0.05, 0) is 51.4 Å². The molecule has 2 atom stereocenters. The van der Waals surface area contributed by atoms with Crippen LogP contribution in [0.25, 0.3) is 0 Å². The molecule has 2 aliphatic heterocycles. The van der Waals surface area contributed by atoms with E-state index in [1.54, 1.807) is 7.11 Å². The molecule has 2 saturated heterocycles. The molecule has 5 heteroatoms. The minimum Gasteiger partial charge on any atom is -0.497 e. The summed E-state index contributed by atoms with van der Waals surface area (Å²) in [7, 11) is 3.88. The second kappa shape index (κ2) is 8.70. The number of likely N-dealkylation sites (N-methyl/N-ethyl adjacent to an activating group) is 1. The van der Waals surface area contributed by atoms with Gasteiger partial charge >= 0.3 is 0 Å². The van der Waals surface area contributed by atoms with Crippen molar-refractivity contribution in [1.82, 2.24) is 9.80 Å². The number of ether oxygens (including phenoxy) is 3. The van der Waals surface area contributed by atoms with Crippen LogP contribution in [0.3, 0.4) is 0 Å². The van der Waals surface area contributed by atoms with Crippen LogP contribution in [0.15, 0.2) is 24.3 Å². The highest BCUT2D eigenvalue weighted by molar-refractivity contribution is 5.27. The third-order valence-corrected chi connectivity index (χ3v) is 5.71. The van der Waals surface area contributed by atoms with Gasteiger partial charge in [0, 0.05) is 32.2 Å². The molecule has 0 bridgehead atoms. The summed E-state index contributed by atoms with van der Waals surface area (Å²) in [5.41, 5.74) is 1.16. The van der Waals surface area contributed by atoms with Gasteiger partial charge in [-0.3, -0.25) is 4.90 Å². The highest BCUT2D eigenvalue weighted by atomic mass is 16.6. The van der Waals surface area contributed by atoms with Crippen molar-refractivity contribution in [3.05, 3.63) is 29.8 Å². The highest BCUT2D eigenvalue weighted by Crippen LogP contribution is 2.34. The molecule has 26 heavy (non-hydrogen) atoms. The van der Waals surface area contributed by atoms with E-state index in [0.717, 1.165) is 51.4 Å². The Morgan fingerprint density at radius 3 is 2.77 bits per heavy atom. The maximum atomic E-state index is 6.57. The Balaban J connectivity index is 1.60. The van der Waals surface area contributed by atoms with Crippen molar-refractivity contribution in [3.63, 3.8) is 0 Å². The van der Waals surface area contributed by atoms with Crippen LogP contribution < -0.4 is 4.74 Å². The molecule has 0 radical (unpaired) electrons. The van der Waals surface area contributed by atoms with Gasteiger partial charge in [0.2, 0.25) is 0 Å². The molecule has 0 saturated carbocycles. The molecule has 1 aromatic rings. The fourth-order valence-corrected chi connectivity index (χ4v) is 3.89. The van der Waals surface area contributed by atoms with Gasteiger partial charge in [0.25, 0.3) is 0 Å². The van der Waals surface area contributed by atoms with Crippen LogP contribution in [0.2, 0.25) is 0 Å². The van der Waals surface area contributed by atoms with E-state index < -0.39 is 0 Å². The fraction of sp³-hybridized carbons (Fsp3) is 0.714. The van der Waals surface area contributed by atoms with Crippen molar-refractivity contribution in [1.29, 1.82) is 0 Å². The topological polar surface area (TPSA) is 34.2 Å². The molecule has 0 aliphatic carbocycles. The van der Waals surface area contributed by atoms with E-state index in [1.807, 2.05) is 12.1 Å². The van der Waals surface area contributed by atoms with Crippen LogP contribution in [0.1, 0.15) is 32.3 Å². The van der Waals surface area contributed by atoms with Gasteiger partial charge in [-0.15, -0.1) is 0 Å². The average Bonchev–Trinajstić information content (AvgIpc) is 2.90. The maximum Gasteiger partial charge on any atom is 0.118 e. The van der Waals surface area contributed by atoms with Crippen molar-refractivity contribution >= 4 is 0 Å². The smallest absolute Gasteiger partial charge is 0.118 e. The van der Waals surface area contributed by atoms with Gasteiger partial charge in [-0.1, -0.05) is 12.1 Å². The average molecular weight is 363 g/mol. The van der Waals surface area contributed by atoms with E-state index in [2.05, 4.69) is 42.8 Å². The minimum absolute atomic E-state index is 0.147. The Bertz CT molecular complexity index is 563. The molecular formula is C21H34N2O3. The normalized spacial score (nSPS) is 27.4. The van der Waals surface area contributed by atoms with E-state index in [9.17, 15) is 0 Å². The van der Waals surface area contributed by atoms with Gasteiger partial charge < -0.3 is 19.1 Å². The van der Waals surface area contributed by atoms with E-state index in [-0.39, 0.29) is 5.60 Å². The largest absolute Gasteiger partial charge is 0.497 e. The Hall–Kier alpha value is -1.14. The number of hydrogen-bond donors (Lipinski definition) is 0. The molecule has 1 spiro atoms. The Labute approximate surface area is 158 Å². The molecule has 0 amide bonds. The van der Waals surface area contributed by atoms with Crippen LogP contribution >= 0.6 is 0 Å². The highest BCUT2D eigenvalue weighted by Gasteiger charge is 2.43. The summed E-state index contributed by atoms with van der Waals surface area (Å²) in [6, 6.07) is 8.90. The zero-order valence-electron chi connectivity index (χ0n) is 16.7. The molecule has 0 aromatic heterocycles. The van der Waals surface area contributed by atoms with Crippen molar-refractivity contribution in [3.8, 4) is 5.75 Å². The number of rotatable bonds is 6. The van der Waals surface area contributed by atoms with E-state index >= 15 is 0 Å². The van der Waals surface area contributed by atoms with E-state index in [1.165, 1.54) is 5.56 Å². The van der Waals surface area contributed by atoms with Crippen molar-refractivity contribution in [2.75, 3.05) is 47.0 Å². The lowest BCUT2D eigenvalue weighted by atomic mass is 9.99. The first-order valence-corrected chi connectivity index (χ1v) is 9.81. The predicted molar refractivity (Wildman–Crippen MR) is 104 cm³/mol. The van der Waals surface area contributed by atoms with Gasteiger partial charge in [-0.25, -0.2) is 0 Å². The minimum atomic E-state index is -0.147. The van der Waals surface area contributed by atoms with Gasteiger partial charge in [0.1, 0.15) is 11.4 Å². The lowest BCUT2D eigenvalue weighted by Crippen LogP contribution is -2.45. The van der Waals surface area contributed by atoms with Crippen molar-refractivity contribution in [2.45, 2.75) is 51.0 Å². The summed E-state index contributed by atoms with van der Waals surface area (Å²) in [5.74, 6) is 0.903.